The van der Waals surface area contributed by atoms with Gasteiger partial charge in [0.25, 0.3) is 0 Å². The molecule has 0 aliphatic carbocycles. The van der Waals surface area contributed by atoms with Gasteiger partial charge in [0, 0.05) is 22.5 Å². The molecule has 0 radical (unpaired) electrons. The lowest BCUT2D eigenvalue weighted by atomic mass is 9.96. The molecule has 5 rings (SSSR count). The highest BCUT2D eigenvalue weighted by atomic mass is 32.1. The molecule has 0 aliphatic rings. The molecule has 1 heterocycles. The average molecular weight is 432 g/mol. The number of nitrogens with zero attached hydrogens (tertiary/aromatic N) is 1. The number of aldehydes is 1. The van der Waals surface area contributed by atoms with Gasteiger partial charge in [-0.25, -0.2) is 0 Å². The Morgan fingerprint density at radius 3 is 1.38 bits per heavy atom. The van der Waals surface area contributed by atoms with Crippen LogP contribution < -0.4 is 4.90 Å². The van der Waals surface area contributed by atoms with Crippen molar-refractivity contribution in [3.63, 3.8) is 0 Å². The summed E-state index contributed by atoms with van der Waals surface area (Å²) in [5.41, 5.74) is 6.27. The van der Waals surface area contributed by atoms with E-state index in [0.29, 0.717) is 0 Å². The number of hydrogen-bond acceptors (Lipinski definition) is 3. The smallest absolute Gasteiger partial charge is 0.160 e. The molecule has 0 unspecified atom stereocenters. The Balaban J connectivity index is 1.85. The zero-order valence-electron chi connectivity index (χ0n) is 17.4. The molecule has 0 N–H and O–H groups in total. The lowest BCUT2D eigenvalue weighted by molar-refractivity contribution is 0.112. The first-order valence-electron chi connectivity index (χ1n) is 10.5. The fourth-order valence-corrected chi connectivity index (χ4v) is 5.18. The largest absolute Gasteiger partial charge is 0.301 e. The first kappa shape index (κ1) is 20.0. The molecule has 2 nitrogen and oxygen atoms in total. The van der Waals surface area contributed by atoms with Crippen molar-refractivity contribution < 1.29 is 4.79 Å². The number of para-hydroxylation sites is 2. The zero-order valence-corrected chi connectivity index (χ0v) is 18.2. The average Bonchev–Trinajstić information content (AvgIpc) is 3.26. The van der Waals surface area contributed by atoms with Crippen LogP contribution in [0, 0.1) is 0 Å². The van der Waals surface area contributed by atoms with Gasteiger partial charge < -0.3 is 4.90 Å². The highest BCUT2D eigenvalue weighted by Gasteiger charge is 2.26. The van der Waals surface area contributed by atoms with E-state index in [1.165, 1.54) is 11.3 Å². The molecule has 0 fully saturated rings. The maximum absolute atomic E-state index is 12.3. The summed E-state index contributed by atoms with van der Waals surface area (Å²) >= 11 is 1.53. The maximum Gasteiger partial charge on any atom is 0.160 e. The molecule has 5 aromatic rings. The Bertz CT molecular complexity index is 1270. The lowest BCUT2D eigenvalue weighted by Crippen LogP contribution is -2.09. The van der Waals surface area contributed by atoms with Crippen LogP contribution in [0.15, 0.2) is 121 Å². The fourth-order valence-electron chi connectivity index (χ4n) is 3.98. The molecule has 3 heteroatoms. The molecule has 0 saturated heterocycles. The van der Waals surface area contributed by atoms with Crippen molar-refractivity contribution in [3.05, 3.63) is 126 Å². The summed E-state index contributed by atoms with van der Waals surface area (Å²) in [6.45, 7) is 0. The van der Waals surface area contributed by atoms with Crippen molar-refractivity contribution in [2.75, 3.05) is 4.90 Å². The summed E-state index contributed by atoms with van der Waals surface area (Å²) in [7, 11) is 0. The number of benzene rings is 4. The van der Waals surface area contributed by atoms with Gasteiger partial charge in [0.2, 0.25) is 0 Å². The van der Waals surface area contributed by atoms with Crippen molar-refractivity contribution in [3.8, 4) is 22.3 Å². The van der Waals surface area contributed by atoms with Crippen LogP contribution in [-0.4, -0.2) is 6.29 Å². The minimum Gasteiger partial charge on any atom is -0.301 e. The van der Waals surface area contributed by atoms with E-state index in [-0.39, 0.29) is 0 Å². The van der Waals surface area contributed by atoms with E-state index in [0.717, 1.165) is 49.8 Å². The van der Waals surface area contributed by atoms with E-state index in [2.05, 4.69) is 53.4 Å². The van der Waals surface area contributed by atoms with E-state index in [9.17, 15) is 4.79 Å². The standard InChI is InChI=1S/C29H21NOS/c31-21-26-27(22-13-5-1-6-14-22)28(23-15-7-2-8-16-23)29(32-26)30(24-17-9-3-10-18-24)25-19-11-4-12-20-25/h1-21H. The molecule has 154 valence electrons. The maximum atomic E-state index is 12.3. The van der Waals surface area contributed by atoms with Gasteiger partial charge >= 0.3 is 0 Å². The van der Waals surface area contributed by atoms with Crippen molar-refractivity contribution in [1.82, 2.24) is 0 Å². The molecule has 0 spiro atoms. The van der Waals surface area contributed by atoms with Gasteiger partial charge in [0.1, 0.15) is 5.00 Å². The van der Waals surface area contributed by atoms with Gasteiger partial charge in [-0.15, -0.1) is 11.3 Å². The van der Waals surface area contributed by atoms with Crippen molar-refractivity contribution in [2.24, 2.45) is 0 Å². The van der Waals surface area contributed by atoms with E-state index in [1.54, 1.807) is 0 Å². The Hall–Kier alpha value is -3.95. The fraction of sp³-hybridized carbons (Fsp3) is 0. The number of rotatable bonds is 6. The molecular weight excluding hydrogens is 410 g/mol. The third-order valence-corrected chi connectivity index (χ3v) is 6.48. The Labute approximate surface area is 192 Å². The number of anilines is 3. The number of thiophene rings is 1. The highest BCUT2D eigenvalue weighted by molar-refractivity contribution is 7.19. The molecular formula is C29H21NOS. The van der Waals surface area contributed by atoms with Crippen LogP contribution in [-0.2, 0) is 0 Å². The summed E-state index contributed by atoms with van der Waals surface area (Å²) < 4.78 is 0. The number of carbonyl (C=O) groups is 1. The normalized spacial score (nSPS) is 10.6. The molecule has 4 aromatic carbocycles. The number of hydrogen-bond donors (Lipinski definition) is 0. The Kier molecular flexibility index (Phi) is 5.65. The molecule has 0 amide bonds. The van der Waals surface area contributed by atoms with Crippen LogP contribution in [0.4, 0.5) is 16.4 Å². The van der Waals surface area contributed by atoms with Crippen LogP contribution in [0.1, 0.15) is 9.67 Å². The first-order valence-corrected chi connectivity index (χ1v) is 11.3. The third-order valence-electron chi connectivity index (χ3n) is 5.38. The summed E-state index contributed by atoms with van der Waals surface area (Å²) in [6.07, 6.45) is 0.983. The third kappa shape index (κ3) is 3.75. The molecule has 1 aromatic heterocycles. The molecule has 0 aliphatic heterocycles. The SMILES string of the molecule is O=Cc1sc(N(c2ccccc2)c2ccccc2)c(-c2ccccc2)c1-c1ccccc1. The van der Waals surface area contributed by atoms with Gasteiger partial charge in [-0.3, -0.25) is 4.79 Å². The van der Waals surface area contributed by atoms with Gasteiger partial charge in [0.05, 0.1) is 4.88 Å². The van der Waals surface area contributed by atoms with Gasteiger partial charge in [0.15, 0.2) is 6.29 Å². The van der Waals surface area contributed by atoms with E-state index >= 15 is 0 Å². The number of carbonyl (C=O) groups excluding carboxylic acids is 1. The molecule has 32 heavy (non-hydrogen) atoms. The van der Waals surface area contributed by atoms with Crippen molar-refractivity contribution in [2.45, 2.75) is 0 Å². The topological polar surface area (TPSA) is 20.3 Å². The van der Waals surface area contributed by atoms with Gasteiger partial charge in [-0.2, -0.15) is 0 Å². The van der Waals surface area contributed by atoms with Crippen molar-refractivity contribution in [1.29, 1.82) is 0 Å². The highest BCUT2D eigenvalue weighted by Crippen LogP contribution is 2.51. The van der Waals surface area contributed by atoms with Crippen LogP contribution in [0.25, 0.3) is 22.3 Å². The summed E-state index contributed by atoms with van der Waals surface area (Å²) in [6, 6.07) is 41.1. The Morgan fingerprint density at radius 2 is 0.938 bits per heavy atom. The Morgan fingerprint density at radius 1 is 0.531 bits per heavy atom. The second kappa shape index (κ2) is 9.04. The molecule has 0 bridgehead atoms. The van der Waals surface area contributed by atoms with E-state index < -0.39 is 0 Å². The lowest BCUT2D eigenvalue weighted by Gasteiger charge is -2.25. The second-order valence-electron chi connectivity index (χ2n) is 7.38. The molecule has 0 saturated carbocycles. The van der Waals surface area contributed by atoms with Crippen molar-refractivity contribution >= 4 is 34.0 Å². The predicted octanol–water partition coefficient (Wildman–Crippen LogP) is 8.36. The zero-order chi connectivity index (χ0) is 21.8. The molecule has 0 atom stereocenters. The van der Waals surface area contributed by atoms with Crippen LogP contribution in [0.3, 0.4) is 0 Å². The van der Waals surface area contributed by atoms with Crippen LogP contribution >= 0.6 is 11.3 Å². The summed E-state index contributed by atoms with van der Waals surface area (Å²) in [4.78, 5) is 15.3. The minimum absolute atomic E-state index is 0.724. The summed E-state index contributed by atoms with van der Waals surface area (Å²) in [5.74, 6) is 0. The predicted molar refractivity (Wildman–Crippen MR) is 135 cm³/mol. The monoisotopic (exact) mass is 431 g/mol. The first-order chi connectivity index (χ1) is 15.9. The van der Waals surface area contributed by atoms with Crippen LogP contribution in [0.2, 0.25) is 0 Å². The summed E-state index contributed by atoms with van der Waals surface area (Å²) in [5, 5.41) is 1.02. The van der Waals surface area contributed by atoms with E-state index in [4.69, 9.17) is 0 Å². The quantitative estimate of drug-likeness (QED) is 0.252. The second-order valence-corrected chi connectivity index (χ2v) is 8.41. The minimum atomic E-state index is 0.724. The van der Waals surface area contributed by atoms with Crippen LogP contribution in [0.5, 0.6) is 0 Å². The van der Waals surface area contributed by atoms with Gasteiger partial charge in [-0.05, 0) is 35.4 Å². The van der Waals surface area contributed by atoms with E-state index in [1.807, 2.05) is 72.8 Å². The van der Waals surface area contributed by atoms with Gasteiger partial charge in [-0.1, -0.05) is 97.1 Å².